The Morgan fingerprint density at radius 1 is 1.19 bits per heavy atom. The number of nitrogens with zero attached hydrogens (tertiary/aromatic N) is 4. The van der Waals surface area contributed by atoms with E-state index in [-0.39, 0.29) is 0 Å². The molecule has 0 fully saturated rings. The van der Waals surface area contributed by atoms with Gasteiger partial charge in [0, 0.05) is 20.7 Å². The molecule has 0 atom stereocenters. The van der Waals surface area contributed by atoms with Crippen LogP contribution in [0.25, 0.3) is 11.4 Å². The Hall–Kier alpha value is -1.92. The summed E-state index contributed by atoms with van der Waals surface area (Å²) in [7, 11) is 0. The van der Waals surface area contributed by atoms with Crippen molar-refractivity contribution < 1.29 is 0 Å². The van der Waals surface area contributed by atoms with Crippen molar-refractivity contribution in [1.29, 1.82) is 0 Å². The van der Waals surface area contributed by atoms with Gasteiger partial charge < -0.3 is 5.73 Å². The van der Waals surface area contributed by atoms with Gasteiger partial charge in [-0.1, -0.05) is 29.8 Å². The van der Waals surface area contributed by atoms with E-state index in [4.69, 9.17) is 17.3 Å². The van der Waals surface area contributed by atoms with E-state index < -0.39 is 0 Å². The predicted octanol–water partition coefficient (Wildman–Crippen LogP) is 3.39. The maximum absolute atomic E-state index is 6.18. The number of hydrogen-bond acceptors (Lipinski definition) is 4. The van der Waals surface area contributed by atoms with Crippen molar-refractivity contribution in [2.75, 3.05) is 5.73 Å². The minimum Gasteiger partial charge on any atom is -0.398 e. The number of nitrogen functional groups attached to an aromatic ring is 1. The zero-order valence-corrected chi connectivity index (χ0v) is 13.2. The summed E-state index contributed by atoms with van der Waals surface area (Å²) in [6, 6.07) is 13.2. The standard InChI is InChI=1S/C14H11BrClN5/c15-11-6-5-9(7-13(11)17)14-18-19-20-21(14)8-10-3-1-2-4-12(10)16/h1-7H,8,17H2. The highest BCUT2D eigenvalue weighted by Gasteiger charge is 2.11. The van der Waals surface area contributed by atoms with Crippen LogP contribution in [-0.4, -0.2) is 20.2 Å². The molecule has 21 heavy (non-hydrogen) atoms. The largest absolute Gasteiger partial charge is 0.398 e. The number of aromatic nitrogens is 4. The lowest BCUT2D eigenvalue weighted by Gasteiger charge is -2.07. The van der Waals surface area contributed by atoms with Crippen molar-refractivity contribution in [2.45, 2.75) is 6.54 Å². The Kier molecular flexibility index (Phi) is 3.90. The number of benzene rings is 2. The first-order valence-electron chi connectivity index (χ1n) is 6.20. The molecule has 1 aromatic heterocycles. The van der Waals surface area contributed by atoms with Gasteiger partial charge in [0.2, 0.25) is 0 Å². The summed E-state index contributed by atoms with van der Waals surface area (Å²) in [5, 5.41) is 12.5. The van der Waals surface area contributed by atoms with Gasteiger partial charge >= 0.3 is 0 Å². The number of nitrogens with two attached hydrogens (primary N) is 1. The molecule has 1 heterocycles. The highest BCUT2D eigenvalue weighted by molar-refractivity contribution is 9.10. The van der Waals surface area contributed by atoms with Crippen molar-refractivity contribution in [3.8, 4) is 11.4 Å². The van der Waals surface area contributed by atoms with Gasteiger partial charge in [-0.3, -0.25) is 0 Å². The van der Waals surface area contributed by atoms with Gasteiger partial charge in [0.1, 0.15) is 0 Å². The average molecular weight is 365 g/mol. The molecule has 3 rings (SSSR count). The van der Waals surface area contributed by atoms with Gasteiger partial charge in [0.25, 0.3) is 0 Å². The van der Waals surface area contributed by atoms with Crippen LogP contribution >= 0.6 is 27.5 Å². The van der Waals surface area contributed by atoms with E-state index in [0.717, 1.165) is 15.6 Å². The average Bonchev–Trinajstić information content (AvgIpc) is 2.93. The van der Waals surface area contributed by atoms with Crippen molar-refractivity contribution >= 4 is 33.2 Å². The minimum absolute atomic E-state index is 0.498. The Balaban J connectivity index is 1.97. The van der Waals surface area contributed by atoms with Crippen LogP contribution in [0.5, 0.6) is 0 Å². The maximum Gasteiger partial charge on any atom is 0.182 e. The summed E-state index contributed by atoms with van der Waals surface area (Å²) in [4.78, 5) is 0. The molecule has 0 aliphatic rings. The fourth-order valence-electron chi connectivity index (χ4n) is 1.99. The van der Waals surface area contributed by atoms with Gasteiger partial charge in [-0.2, -0.15) is 0 Å². The number of hydrogen-bond donors (Lipinski definition) is 1. The fraction of sp³-hybridized carbons (Fsp3) is 0.0714. The Morgan fingerprint density at radius 3 is 2.76 bits per heavy atom. The Labute approximate surface area is 134 Å². The zero-order valence-electron chi connectivity index (χ0n) is 10.9. The van der Waals surface area contributed by atoms with Crippen LogP contribution in [0, 0.1) is 0 Å². The normalized spacial score (nSPS) is 10.8. The van der Waals surface area contributed by atoms with E-state index in [2.05, 4.69) is 31.5 Å². The number of rotatable bonds is 3. The summed E-state index contributed by atoms with van der Waals surface area (Å²) in [5.74, 6) is 0.647. The van der Waals surface area contributed by atoms with Crippen molar-refractivity contribution in [1.82, 2.24) is 20.2 Å². The summed E-state index contributed by atoms with van der Waals surface area (Å²) < 4.78 is 2.54. The van der Waals surface area contributed by atoms with Crippen LogP contribution in [0.1, 0.15) is 5.56 Å². The molecule has 3 aromatic rings. The molecule has 0 radical (unpaired) electrons. The molecular weight excluding hydrogens is 354 g/mol. The second-order valence-corrected chi connectivity index (χ2v) is 5.75. The molecule has 0 spiro atoms. The number of anilines is 1. The Morgan fingerprint density at radius 2 is 2.00 bits per heavy atom. The molecular formula is C14H11BrClN5. The number of tetrazole rings is 1. The maximum atomic E-state index is 6.18. The quantitative estimate of drug-likeness (QED) is 0.723. The molecule has 106 valence electrons. The first-order chi connectivity index (χ1) is 10.1. The Bertz CT molecular complexity index is 787. The van der Waals surface area contributed by atoms with Gasteiger partial charge in [-0.05, 0) is 56.2 Å². The molecule has 0 aliphatic heterocycles. The predicted molar refractivity (Wildman–Crippen MR) is 85.9 cm³/mol. The third kappa shape index (κ3) is 2.91. The van der Waals surface area contributed by atoms with Crippen molar-refractivity contribution in [3.63, 3.8) is 0 Å². The topological polar surface area (TPSA) is 69.6 Å². The summed E-state index contributed by atoms with van der Waals surface area (Å²) in [6.07, 6.45) is 0. The monoisotopic (exact) mass is 363 g/mol. The minimum atomic E-state index is 0.498. The van der Waals surface area contributed by atoms with Crippen LogP contribution in [0.15, 0.2) is 46.9 Å². The molecule has 7 heteroatoms. The van der Waals surface area contributed by atoms with E-state index in [9.17, 15) is 0 Å². The van der Waals surface area contributed by atoms with E-state index in [1.807, 2.05) is 42.5 Å². The second-order valence-electron chi connectivity index (χ2n) is 4.49. The molecule has 0 amide bonds. The van der Waals surface area contributed by atoms with Crippen LogP contribution in [0.2, 0.25) is 5.02 Å². The SMILES string of the molecule is Nc1cc(-c2nnnn2Cc2ccccc2Cl)ccc1Br. The molecule has 5 nitrogen and oxygen atoms in total. The van der Waals surface area contributed by atoms with Crippen LogP contribution in [-0.2, 0) is 6.54 Å². The lowest BCUT2D eigenvalue weighted by Crippen LogP contribution is -2.05. The fourth-order valence-corrected chi connectivity index (χ4v) is 2.43. The molecule has 2 N–H and O–H groups in total. The van der Waals surface area contributed by atoms with Crippen molar-refractivity contribution in [3.05, 3.63) is 57.5 Å². The smallest absolute Gasteiger partial charge is 0.182 e. The third-order valence-electron chi connectivity index (χ3n) is 3.06. The van der Waals surface area contributed by atoms with Crippen LogP contribution < -0.4 is 5.73 Å². The van der Waals surface area contributed by atoms with Gasteiger partial charge in [0.05, 0.1) is 6.54 Å². The van der Waals surface area contributed by atoms with Crippen molar-refractivity contribution in [2.24, 2.45) is 0 Å². The number of halogens is 2. The molecule has 2 aromatic carbocycles. The van der Waals surface area contributed by atoms with E-state index in [1.54, 1.807) is 4.68 Å². The highest BCUT2D eigenvalue weighted by atomic mass is 79.9. The third-order valence-corrected chi connectivity index (χ3v) is 4.15. The molecule has 0 unspecified atom stereocenters. The van der Waals surface area contributed by atoms with E-state index >= 15 is 0 Å². The lowest BCUT2D eigenvalue weighted by molar-refractivity contribution is 0.653. The van der Waals surface area contributed by atoms with E-state index in [1.165, 1.54) is 0 Å². The molecule has 0 bridgehead atoms. The zero-order chi connectivity index (χ0) is 14.8. The van der Waals surface area contributed by atoms with Gasteiger partial charge in [0.15, 0.2) is 5.82 Å². The van der Waals surface area contributed by atoms with Crippen LogP contribution in [0.4, 0.5) is 5.69 Å². The first-order valence-corrected chi connectivity index (χ1v) is 7.37. The van der Waals surface area contributed by atoms with Gasteiger partial charge in [-0.25, -0.2) is 4.68 Å². The molecule has 0 aliphatic carbocycles. The second kappa shape index (κ2) is 5.83. The van der Waals surface area contributed by atoms with E-state index in [0.29, 0.717) is 23.1 Å². The highest BCUT2D eigenvalue weighted by Crippen LogP contribution is 2.26. The lowest BCUT2D eigenvalue weighted by atomic mass is 10.2. The van der Waals surface area contributed by atoms with Crippen LogP contribution in [0.3, 0.4) is 0 Å². The summed E-state index contributed by atoms with van der Waals surface area (Å²) in [5.41, 5.74) is 8.36. The summed E-state index contributed by atoms with van der Waals surface area (Å²) in [6.45, 7) is 0.498. The van der Waals surface area contributed by atoms with Gasteiger partial charge in [-0.15, -0.1) is 5.10 Å². The molecule has 0 saturated carbocycles. The summed E-state index contributed by atoms with van der Waals surface area (Å²) >= 11 is 9.55. The molecule has 0 saturated heterocycles. The first kappa shape index (κ1) is 14.0.